The van der Waals surface area contributed by atoms with E-state index >= 15 is 0 Å². The van der Waals surface area contributed by atoms with E-state index in [2.05, 4.69) is 4.98 Å². The number of nitrogens with zero attached hydrogens (tertiary/aromatic N) is 3. The van der Waals surface area contributed by atoms with Crippen LogP contribution >= 0.6 is 11.6 Å². The van der Waals surface area contributed by atoms with E-state index in [-0.39, 0.29) is 16.8 Å². The summed E-state index contributed by atoms with van der Waals surface area (Å²) in [5.41, 5.74) is -0.185. The highest BCUT2D eigenvalue weighted by atomic mass is 35.5. The van der Waals surface area contributed by atoms with Crippen LogP contribution < -0.4 is 4.90 Å². The summed E-state index contributed by atoms with van der Waals surface area (Å²) in [5, 5.41) is 19.8. The molecule has 1 aliphatic heterocycles. The fraction of sp³-hybridized carbons (Fsp3) is 0.455. The van der Waals surface area contributed by atoms with E-state index in [0.29, 0.717) is 18.8 Å². The van der Waals surface area contributed by atoms with Crippen molar-refractivity contribution in [1.29, 1.82) is 0 Å². The molecule has 0 aliphatic carbocycles. The minimum Gasteiger partial charge on any atom is -0.481 e. The number of carboxylic acids is 1. The molecule has 8 heteroatoms. The summed E-state index contributed by atoms with van der Waals surface area (Å²) in [5.74, 6) is -0.940. The lowest BCUT2D eigenvalue weighted by molar-refractivity contribution is -0.385. The quantitative estimate of drug-likeness (QED) is 0.673. The smallest absolute Gasteiger partial charge is 0.308 e. The first-order valence-electron chi connectivity index (χ1n) is 5.71. The Kier molecular flexibility index (Phi) is 3.57. The van der Waals surface area contributed by atoms with Crippen molar-refractivity contribution in [3.05, 3.63) is 27.4 Å². The van der Waals surface area contributed by atoms with Crippen molar-refractivity contribution in [1.82, 2.24) is 4.98 Å². The number of carboxylic acid groups (broad SMARTS) is 1. The molecule has 1 fully saturated rings. The molecule has 19 heavy (non-hydrogen) atoms. The molecule has 2 atom stereocenters. The molecule has 7 nitrogen and oxygen atoms in total. The van der Waals surface area contributed by atoms with Gasteiger partial charge in [0.05, 0.1) is 15.9 Å². The van der Waals surface area contributed by atoms with E-state index < -0.39 is 16.8 Å². The normalized spacial score (nSPS) is 22.5. The van der Waals surface area contributed by atoms with Gasteiger partial charge in [0.15, 0.2) is 0 Å². The molecule has 1 N–H and O–H groups in total. The Bertz CT molecular complexity index is 537. The van der Waals surface area contributed by atoms with Crippen LogP contribution in [0.1, 0.15) is 13.3 Å². The molecule has 2 rings (SSSR count). The predicted octanol–water partition coefficient (Wildman–Crippen LogP) is 1.94. The molecule has 102 valence electrons. The largest absolute Gasteiger partial charge is 0.481 e. The maximum atomic E-state index is 11.0. The second-order valence-electron chi connectivity index (χ2n) is 4.42. The summed E-state index contributed by atoms with van der Waals surface area (Å²) < 4.78 is 0. The molecule has 2 heterocycles. The summed E-state index contributed by atoms with van der Waals surface area (Å²) in [4.78, 5) is 26.8. The van der Waals surface area contributed by atoms with Crippen molar-refractivity contribution < 1.29 is 14.8 Å². The highest BCUT2D eigenvalue weighted by molar-refractivity contribution is 6.33. The van der Waals surface area contributed by atoms with E-state index in [4.69, 9.17) is 16.7 Å². The van der Waals surface area contributed by atoms with Crippen LogP contribution in [0.5, 0.6) is 0 Å². The van der Waals surface area contributed by atoms with Crippen LogP contribution in [-0.2, 0) is 4.79 Å². The number of rotatable bonds is 3. The monoisotopic (exact) mass is 285 g/mol. The van der Waals surface area contributed by atoms with Gasteiger partial charge in [-0.2, -0.15) is 0 Å². The average molecular weight is 286 g/mol. The minimum atomic E-state index is -0.854. The number of hydrogen-bond donors (Lipinski definition) is 1. The molecule has 0 spiro atoms. The van der Waals surface area contributed by atoms with Crippen molar-refractivity contribution in [2.24, 2.45) is 5.92 Å². The lowest BCUT2D eigenvalue weighted by Gasteiger charge is -2.24. The molecule has 0 aromatic carbocycles. The number of aliphatic carboxylic acids is 1. The van der Waals surface area contributed by atoms with Crippen LogP contribution in [0.15, 0.2) is 12.3 Å². The Balaban J connectivity index is 2.28. The van der Waals surface area contributed by atoms with E-state index in [1.54, 1.807) is 11.8 Å². The van der Waals surface area contributed by atoms with Crippen molar-refractivity contribution >= 4 is 29.1 Å². The summed E-state index contributed by atoms with van der Waals surface area (Å²) in [6.45, 7) is 2.30. The standard InChI is InChI=1S/C11H12ClN3O4/c1-6-8(11(16)17)2-3-14(6)10-9(12)4-7(5-13-10)15(18)19/h4-6,8H,2-3H2,1H3,(H,16,17). The van der Waals surface area contributed by atoms with Gasteiger partial charge in [-0.25, -0.2) is 4.98 Å². The van der Waals surface area contributed by atoms with Crippen LogP contribution in [0, 0.1) is 16.0 Å². The van der Waals surface area contributed by atoms with Crippen LogP contribution in [0.3, 0.4) is 0 Å². The average Bonchev–Trinajstić information content (AvgIpc) is 2.71. The van der Waals surface area contributed by atoms with Gasteiger partial charge in [-0.05, 0) is 13.3 Å². The van der Waals surface area contributed by atoms with Crippen LogP contribution in [0.25, 0.3) is 0 Å². The van der Waals surface area contributed by atoms with Crippen molar-refractivity contribution in [2.75, 3.05) is 11.4 Å². The van der Waals surface area contributed by atoms with Gasteiger partial charge in [-0.1, -0.05) is 11.6 Å². The molecule has 0 radical (unpaired) electrons. The number of carbonyl (C=O) groups is 1. The number of hydrogen-bond acceptors (Lipinski definition) is 5. The highest BCUT2D eigenvalue weighted by Gasteiger charge is 2.37. The third-order valence-electron chi connectivity index (χ3n) is 3.36. The summed E-state index contributed by atoms with van der Waals surface area (Å²) in [6, 6.07) is 0.981. The van der Waals surface area contributed by atoms with Gasteiger partial charge in [-0.3, -0.25) is 14.9 Å². The Labute approximate surface area is 114 Å². The Hall–Kier alpha value is -1.89. The molecular formula is C11H12ClN3O4. The third-order valence-corrected chi connectivity index (χ3v) is 3.64. The number of aromatic nitrogens is 1. The fourth-order valence-electron chi connectivity index (χ4n) is 2.30. The first-order chi connectivity index (χ1) is 8.91. The molecule has 0 saturated carbocycles. The number of nitro groups is 1. The maximum absolute atomic E-state index is 11.0. The Morgan fingerprint density at radius 1 is 1.68 bits per heavy atom. The van der Waals surface area contributed by atoms with Crippen LogP contribution in [-0.4, -0.2) is 33.6 Å². The first kappa shape index (κ1) is 13.5. The van der Waals surface area contributed by atoms with Gasteiger partial charge in [-0.15, -0.1) is 0 Å². The Morgan fingerprint density at radius 3 is 2.84 bits per heavy atom. The van der Waals surface area contributed by atoms with Gasteiger partial charge in [0, 0.05) is 18.7 Å². The molecule has 1 aromatic rings. The van der Waals surface area contributed by atoms with Gasteiger partial charge in [0.25, 0.3) is 5.69 Å². The zero-order valence-electron chi connectivity index (χ0n) is 10.1. The van der Waals surface area contributed by atoms with E-state index in [9.17, 15) is 14.9 Å². The van der Waals surface area contributed by atoms with Gasteiger partial charge in [0.2, 0.25) is 0 Å². The second-order valence-corrected chi connectivity index (χ2v) is 4.83. The number of anilines is 1. The maximum Gasteiger partial charge on any atom is 0.308 e. The molecule has 0 bridgehead atoms. The predicted molar refractivity (Wildman–Crippen MR) is 68.5 cm³/mol. The molecular weight excluding hydrogens is 274 g/mol. The van der Waals surface area contributed by atoms with E-state index in [1.165, 1.54) is 6.07 Å². The van der Waals surface area contributed by atoms with Crippen molar-refractivity contribution in [3.8, 4) is 0 Å². The van der Waals surface area contributed by atoms with Crippen LogP contribution in [0.4, 0.5) is 11.5 Å². The third kappa shape index (κ3) is 2.46. The van der Waals surface area contributed by atoms with Crippen molar-refractivity contribution in [3.63, 3.8) is 0 Å². The molecule has 1 saturated heterocycles. The van der Waals surface area contributed by atoms with E-state index in [1.807, 2.05) is 0 Å². The number of halogens is 1. The van der Waals surface area contributed by atoms with Gasteiger partial charge >= 0.3 is 5.97 Å². The summed E-state index contributed by atoms with van der Waals surface area (Å²) in [6.07, 6.45) is 1.63. The van der Waals surface area contributed by atoms with Crippen molar-refractivity contribution in [2.45, 2.75) is 19.4 Å². The molecule has 1 aliphatic rings. The zero-order valence-corrected chi connectivity index (χ0v) is 10.9. The first-order valence-corrected chi connectivity index (χ1v) is 6.09. The van der Waals surface area contributed by atoms with Gasteiger partial charge in [0.1, 0.15) is 12.0 Å². The molecule has 2 unspecified atom stereocenters. The summed E-state index contributed by atoms with van der Waals surface area (Å²) >= 11 is 5.99. The zero-order chi connectivity index (χ0) is 14.2. The Morgan fingerprint density at radius 2 is 2.37 bits per heavy atom. The second kappa shape index (κ2) is 5.00. The lowest BCUT2D eigenvalue weighted by Crippen LogP contribution is -2.33. The van der Waals surface area contributed by atoms with Crippen LogP contribution in [0.2, 0.25) is 5.02 Å². The molecule has 1 aromatic heterocycles. The SMILES string of the molecule is CC1C(C(=O)O)CCN1c1ncc([N+](=O)[O-])cc1Cl. The minimum absolute atomic E-state index is 0.159. The summed E-state index contributed by atoms with van der Waals surface area (Å²) in [7, 11) is 0. The highest BCUT2D eigenvalue weighted by Crippen LogP contribution is 2.34. The lowest BCUT2D eigenvalue weighted by atomic mass is 10.0. The molecule has 0 amide bonds. The van der Waals surface area contributed by atoms with E-state index in [0.717, 1.165) is 6.20 Å². The fourth-order valence-corrected chi connectivity index (χ4v) is 2.57. The van der Waals surface area contributed by atoms with Gasteiger partial charge < -0.3 is 10.0 Å². The number of pyridine rings is 1. The topological polar surface area (TPSA) is 96.6 Å².